The van der Waals surface area contributed by atoms with Crippen LogP contribution in [0.2, 0.25) is 0 Å². The first kappa shape index (κ1) is 18.4. The highest BCUT2D eigenvalue weighted by molar-refractivity contribution is 5.37. The van der Waals surface area contributed by atoms with Crippen LogP contribution in [0.5, 0.6) is 0 Å². The van der Waals surface area contributed by atoms with E-state index in [0.29, 0.717) is 12.5 Å². The third kappa shape index (κ3) is 3.82. The summed E-state index contributed by atoms with van der Waals surface area (Å²) in [6, 6.07) is 10.2. The van der Waals surface area contributed by atoms with Crippen LogP contribution in [0.15, 0.2) is 43.0 Å². The third-order valence-electron chi connectivity index (χ3n) is 5.54. The lowest BCUT2D eigenvalue weighted by Crippen LogP contribution is -2.33. The summed E-state index contributed by atoms with van der Waals surface area (Å²) in [4.78, 5) is 6.54. The Balaban J connectivity index is 1.41. The Kier molecular flexibility index (Phi) is 5.49. The molecule has 0 spiro atoms. The smallest absolute Gasteiger partial charge is 0.153 e. The largest absolute Gasteiger partial charge is 0.330 e. The summed E-state index contributed by atoms with van der Waals surface area (Å²) in [6.45, 7) is 6.59. The molecular formula is C21H25N7. The number of aromatic nitrogens is 5. The number of likely N-dealkylation sites (tertiary alicyclic amines) is 1. The lowest BCUT2D eigenvalue weighted by Gasteiger charge is -2.31. The topological polar surface area (TPSA) is 75.6 Å². The summed E-state index contributed by atoms with van der Waals surface area (Å²) in [7, 11) is 0. The molecule has 1 aliphatic rings. The normalized spacial score (nSPS) is 15.6. The summed E-state index contributed by atoms with van der Waals surface area (Å²) in [5.74, 6) is 2.53. The summed E-state index contributed by atoms with van der Waals surface area (Å²) in [5.41, 5.74) is 1.89. The number of nitriles is 1. The van der Waals surface area contributed by atoms with Gasteiger partial charge in [0.25, 0.3) is 0 Å². The molecule has 7 nitrogen and oxygen atoms in total. The maximum atomic E-state index is 9.30. The van der Waals surface area contributed by atoms with Gasteiger partial charge in [-0.05, 0) is 44.5 Å². The minimum absolute atomic E-state index is 0.437. The van der Waals surface area contributed by atoms with Crippen LogP contribution >= 0.6 is 0 Å². The lowest BCUT2D eigenvalue weighted by atomic mass is 9.95. The maximum Gasteiger partial charge on any atom is 0.153 e. The van der Waals surface area contributed by atoms with Gasteiger partial charge in [0.15, 0.2) is 5.82 Å². The molecule has 3 heterocycles. The maximum absolute atomic E-state index is 9.30. The van der Waals surface area contributed by atoms with Gasteiger partial charge >= 0.3 is 0 Å². The summed E-state index contributed by atoms with van der Waals surface area (Å²) in [5, 5.41) is 18.3. The Morgan fingerprint density at radius 3 is 2.68 bits per heavy atom. The molecular weight excluding hydrogens is 350 g/mol. The summed E-state index contributed by atoms with van der Waals surface area (Å²) >= 11 is 0. The zero-order valence-electron chi connectivity index (χ0n) is 16.2. The van der Waals surface area contributed by atoms with Crippen molar-refractivity contribution in [2.75, 3.05) is 13.1 Å². The summed E-state index contributed by atoms with van der Waals surface area (Å²) in [6.07, 6.45) is 7.68. The highest BCUT2D eigenvalue weighted by Gasteiger charge is 2.26. The van der Waals surface area contributed by atoms with Gasteiger partial charge in [-0.25, -0.2) is 4.98 Å². The molecule has 0 amide bonds. The van der Waals surface area contributed by atoms with E-state index in [4.69, 9.17) is 0 Å². The monoisotopic (exact) mass is 375 g/mol. The van der Waals surface area contributed by atoms with Gasteiger partial charge in [-0.1, -0.05) is 18.2 Å². The molecule has 4 rings (SSSR count). The van der Waals surface area contributed by atoms with Crippen molar-refractivity contribution in [1.82, 2.24) is 29.2 Å². The van der Waals surface area contributed by atoms with Gasteiger partial charge < -0.3 is 9.13 Å². The van der Waals surface area contributed by atoms with Gasteiger partial charge in [-0.15, -0.1) is 10.2 Å². The molecule has 28 heavy (non-hydrogen) atoms. The number of piperidine rings is 1. The van der Waals surface area contributed by atoms with Gasteiger partial charge in [0.05, 0.1) is 24.5 Å². The van der Waals surface area contributed by atoms with Crippen molar-refractivity contribution in [2.45, 2.75) is 45.3 Å². The zero-order chi connectivity index (χ0) is 19.3. The third-order valence-corrected chi connectivity index (χ3v) is 5.54. The van der Waals surface area contributed by atoms with Crippen molar-refractivity contribution in [3.8, 4) is 6.07 Å². The average Bonchev–Trinajstić information content (AvgIpc) is 3.39. The summed E-state index contributed by atoms with van der Waals surface area (Å²) < 4.78 is 4.28. The fraction of sp³-hybridized carbons (Fsp3) is 0.429. The van der Waals surface area contributed by atoms with Gasteiger partial charge in [0.2, 0.25) is 0 Å². The molecule has 1 saturated heterocycles. The number of imidazole rings is 1. The van der Waals surface area contributed by atoms with E-state index in [9.17, 15) is 5.26 Å². The van der Waals surface area contributed by atoms with E-state index in [-0.39, 0.29) is 0 Å². The Bertz CT molecular complexity index is 944. The quantitative estimate of drug-likeness (QED) is 0.662. The molecule has 0 unspecified atom stereocenters. The minimum Gasteiger partial charge on any atom is -0.330 e. The zero-order valence-corrected chi connectivity index (χ0v) is 16.2. The predicted octanol–water partition coefficient (Wildman–Crippen LogP) is 2.79. The predicted molar refractivity (Wildman–Crippen MR) is 105 cm³/mol. The molecule has 0 saturated carbocycles. The van der Waals surface area contributed by atoms with E-state index in [2.05, 4.69) is 43.7 Å². The highest BCUT2D eigenvalue weighted by atomic mass is 15.3. The Labute approximate surface area is 165 Å². The van der Waals surface area contributed by atoms with E-state index < -0.39 is 0 Å². The van der Waals surface area contributed by atoms with Crippen molar-refractivity contribution in [2.24, 2.45) is 0 Å². The van der Waals surface area contributed by atoms with Crippen LogP contribution in [-0.2, 0) is 19.6 Å². The number of rotatable bonds is 6. The van der Waals surface area contributed by atoms with Crippen molar-refractivity contribution in [3.05, 3.63) is 65.8 Å². The van der Waals surface area contributed by atoms with Crippen molar-refractivity contribution in [1.29, 1.82) is 5.26 Å². The van der Waals surface area contributed by atoms with E-state index in [0.717, 1.165) is 61.8 Å². The van der Waals surface area contributed by atoms with Crippen LogP contribution in [0, 0.1) is 11.3 Å². The minimum atomic E-state index is 0.437. The van der Waals surface area contributed by atoms with Crippen LogP contribution in [0.3, 0.4) is 0 Å². The van der Waals surface area contributed by atoms with Crippen LogP contribution < -0.4 is 0 Å². The molecule has 1 aromatic carbocycles. The van der Waals surface area contributed by atoms with E-state index in [1.165, 1.54) is 0 Å². The first-order chi connectivity index (χ1) is 13.8. The molecule has 0 aliphatic carbocycles. The highest BCUT2D eigenvalue weighted by Crippen LogP contribution is 2.28. The molecule has 1 aliphatic heterocycles. The molecule has 0 radical (unpaired) electrons. The fourth-order valence-electron chi connectivity index (χ4n) is 4.01. The van der Waals surface area contributed by atoms with E-state index in [1.54, 1.807) is 6.20 Å². The standard InChI is InChI=1S/C21H25N7/c1-2-28-20(15-27-12-9-23-16-27)24-25-21(28)17-7-10-26(11-8-17)14-19-6-4-3-5-18(19)13-22/h3-6,9,12,16-17H,2,7-8,10-11,14-15H2,1H3. The molecule has 1 fully saturated rings. The van der Waals surface area contributed by atoms with E-state index in [1.807, 2.05) is 35.3 Å². The number of hydrogen-bond acceptors (Lipinski definition) is 5. The molecule has 0 bridgehead atoms. The fourth-order valence-corrected chi connectivity index (χ4v) is 4.01. The molecule has 144 valence electrons. The van der Waals surface area contributed by atoms with Crippen LogP contribution in [-0.4, -0.2) is 42.3 Å². The van der Waals surface area contributed by atoms with Gasteiger partial charge in [0, 0.05) is 31.4 Å². The first-order valence-electron chi connectivity index (χ1n) is 9.86. The second-order valence-electron chi connectivity index (χ2n) is 7.27. The Hall–Kier alpha value is -2.98. The second-order valence-corrected chi connectivity index (χ2v) is 7.27. The number of nitrogens with zero attached hydrogens (tertiary/aromatic N) is 7. The van der Waals surface area contributed by atoms with Crippen molar-refractivity contribution >= 4 is 0 Å². The molecule has 0 N–H and O–H groups in total. The van der Waals surface area contributed by atoms with E-state index >= 15 is 0 Å². The molecule has 2 aromatic heterocycles. The lowest BCUT2D eigenvalue weighted by molar-refractivity contribution is 0.200. The van der Waals surface area contributed by atoms with Crippen molar-refractivity contribution < 1.29 is 0 Å². The number of benzene rings is 1. The second kappa shape index (κ2) is 8.36. The average molecular weight is 375 g/mol. The molecule has 3 aromatic rings. The van der Waals surface area contributed by atoms with Crippen molar-refractivity contribution in [3.63, 3.8) is 0 Å². The number of hydrogen-bond donors (Lipinski definition) is 0. The Morgan fingerprint density at radius 1 is 1.14 bits per heavy atom. The van der Waals surface area contributed by atoms with Crippen LogP contribution in [0.4, 0.5) is 0 Å². The SMILES string of the molecule is CCn1c(Cn2ccnc2)nnc1C1CCN(Cc2ccccc2C#N)CC1. The van der Waals surface area contributed by atoms with Gasteiger partial charge in [-0.3, -0.25) is 4.90 Å². The Morgan fingerprint density at radius 2 is 1.96 bits per heavy atom. The first-order valence-corrected chi connectivity index (χ1v) is 9.86. The van der Waals surface area contributed by atoms with Crippen LogP contribution in [0.25, 0.3) is 0 Å². The molecule has 7 heteroatoms. The van der Waals surface area contributed by atoms with Gasteiger partial charge in [-0.2, -0.15) is 5.26 Å². The molecule has 0 atom stereocenters. The van der Waals surface area contributed by atoms with Gasteiger partial charge in [0.1, 0.15) is 5.82 Å². The van der Waals surface area contributed by atoms with Crippen LogP contribution in [0.1, 0.15) is 48.5 Å².